The zero-order chi connectivity index (χ0) is 11.3. The molecule has 0 aliphatic heterocycles. The quantitative estimate of drug-likeness (QED) is 0.705. The largest absolute Gasteiger partial charge is 0.495 e. The molecule has 78 valence electrons. The highest BCUT2D eigenvalue weighted by molar-refractivity contribution is 5.93. The van der Waals surface area contributed by atoms with Gasteiger partial charge in [0.1, 0.15) is 17.4 Å². The van der Waals surface area contributed by atoms with Gasteiger partial charge >= 0.3 is 5.97 Å². The van der Waals surface area contributed by atoms with E-state index in [1.165, 1.54) is 7.11 Å². The Labute approximate surface area is 88.0 Å². The molecule has 0 radical (unpaired) electrons. The molecule has 0 aliphatic carbocycles. The van der Waals surface area contributed by atoms with Crippen molar-refractivity contribution in [3.63, 3.8) is 0 Å². The summed E-state index contributed by atoms with van der Waals surface area (Å²) in [6.45, 7) is 1.99. The van der Waals surface area contributed by atoms with Crippen LogP contribution in [-0.2, 0) is 4.74 Å². The lowest BCUT2D eigenvalue weighted by Crippen LogP contribution is -2.07. The summed E-state index contributed by atoms with van der Waals surface area (Å²) in [6, 6.07) is 6.74. The van der Waals surface area contributed by atoms with Crippen LogP contribution < -0.4 is 4.74 Å². The Balaban J connectivity index is 3.18. The Bertz CT molecular complexity index is 407. The summed E-state index contributed by atoms with van der Waals surface area (Å²) in [5, 5.41) is 8.91. The molecular weight excluding hydrogens is 194 g/mol. The summed E-state index contributed by atoms with van der Waals surface area (Å²) >= 11 is 0. The molecule has 0 aromatic heterocycles. The van der Waals surface area contributed by atoms with E-state index >= 15 is 0 Å². The van der Waals surface area contributed by atoms with Crippen LogP contribution >= 0.6 is 0 Å². The van der Waals surface area contributed by atoms with Crippen LogP contribution in [0.2, 0.25) is 0 Å². The van der Waals surface area contributed by atoms with Gasteiger partial charge in [-0.15, -0.1) is 0 Å². The first kappa shape index (κ1) is 11.1. The molecule has 15 heavy (non-hydrogen) atoms. The second-order valence-corrected chi connectivity index (χ2v) is 2.72. The number of rotatable bonds is 3. The van der Waals surface area contributed by atoms with Crippen molar-refractivity contribution in [1.29, 1.82) is 5.26 Å². The van der Waals surface area contributed by atoms with E-state index in [0.29, 0.717) is 5.75 Å². The van der Waals surface area contributed by atoms with Gasteiger partial charge in [0.2, 0.25) is 0 Å². The van der Waals surface area contributed by atoms with Crippen LogP contribution in [0.25, 0.3) is 0 Å². The number of nitriles is 1. The molecule has 0 unspecified atom stereocenters. The molecule has 4 heteroatoms. The fourth-order valence-corrected chi connectivity index (χ4v) is 1.20. The molecule has 0 fully saturated rings. The van der Waals surface area contributed by atoms with E-state index in [1.807, 2.05) is 6.07 Å². The minimum Gasteiger partial charge on any atom is -0.495 e. The van der Waals surface area contributed by atoms with Gasteiger partial charge in [0.15, 0.2) is 0 Å². The molecule has 0 spiro atoms. The lowest BCUT2D eigenvalue weighted by molar-refractivity contribution is 0.0525. The average Bonchev–Trinajstić information content (AvgIpc) is 2.28. The zero-order valence-corrected chi connectivity index (χ0v) is 8.61. The SMILES string of the molecule is CCOC(=O)c1cccc(OC)c1C#N. The zero-order valence-electron chi connectivity index (χ0n) is 8.61. The van der Waals surface area contributed by atoms with Crippen LogP contribution in [0.1, 0.15) is 22.8 Å². The number of methoxy groups -OCH3 is 1. The van der Waals surface area contributed by atoms with Crippen molar-refractivity contribution in [2.45, 2.75) is 6.92 Å². The number of benzene rings is 1. The minimum absolute atomic E-state index is 0.207. The Morgan fingerprint density at radius 3 is 2.80 bits per heavy atom. The number of carbonyl (C=O) groups is 1. The first-order valence-electron chi connectivity index (χ1n) is 4.48. The summed E-state index contributed by atoms with van der Waals surface area (Å²) in [7, 11) is 1.45. The first-order chi connectivity index (χ1) is 7.24. The van der Waals surface area contributed by atoms with Crippen molar-refractivity contribution in [1.82, 2.24) is 0 Å². The lowest BCUT2D eigenvalue weighted by atomic mass is 10.1. The molecule has 0 amide bonds. The minimum atomic E-state index is -0.507. The molecule has 1 aromatic carbocycles. The molecule has 0 atom stereocenters. The maximum atomic E-state index is 11.5. The third kappa shape index (κ3) is 2.26. The second kappa shape index (κ2) is 5.01. The monoisotopic (exact) mass is 205 g/mol. The molecule has 0 saturated heterocycles. The van der Waals surface area contributed by atoms with Crippen LogP contribution in [0.4, 0.5) is 0 Å². The highest BCUT2D eigenvalue weighted by atomic mass is 16.5. The van der Waals surface area contributed by atoms with Gasteiger partial charge in [-0.05, 0) is 19.1 Å². The van der Waals surface area contributed by atoms with E-state index in [2.05, 4.69) is 0 Å². The lowest BCUT2D eigenvalue weighted by Gasteiger charge is -2.07. The first-order valence-corrected chi connectivity index (χ1v) is 4.48. The van der Waals surface area contributed by atoms with Crippen molar-refractivity contribution in [3.05, 3.63) is 29.3 Å². The topological polar surface area (TPSA) is 59.3 Å². The van der Waals surface area contributed by atoms with Crippen LogP contribution in [0.3, 0.4) is 0 Å². The molecule has 0 bridgehead atoms. The van der Waals surface area contributed by atoms with Crippen molar-refractivity contribution in [2.75, 3.05) is 13.7 Å². The number of esters is 1. The smallest absolute Gasteiger partial charge is 0.339 e. The van der Waals surface area contributed by atoms with Gasteiger partial charge in [-0.3, -0.25) is 0 Å². The van der Waals surface area contributed by atoms with Gasteiger partial charge in [0.05, 0.1) is 19.3 Å². The molecular formula is C11H11NO3. The van der Waals surface area contributed by atoms with Crippen LogP contribution in [0.5, 0.6) is 5.75 Å². The van der Waals surface area contributed by atoms with Crippen LogP contribution in [0.15, 0.2) is 18.2 Å². The van der Waals surface area contributed by atoms with E-state index in [0.717, 1.165) is 0 Å². The third-order valence-corrected chi connectivity index (χ3v) is 1.85. The Kier molecular flexibility index (Phi) is 3.69. The van der Waals surface area contributed by atoms with Gasteiger partial charge in [-0.2, -0.15) is 5.26 Å². The summed E-state index contributed by atoms with van der Waals surface area (Å²) in [6.07, 6.45) is 0. The number of ether oxygens (including phenoxy) is 2. The number of carbonyl (C=O) groups excluding carboxylic acids is 1. The van der Waals surface area contributed by atoms with Crippen molar-refractivity contribution < 1.29 is 14.3 Å². The van der Waals surface area contributed by atoms with Gasteiger partial charge in [-0.1, -0.05) is 6.07 Å². The van der Waals surface area contributed by atoms with E-state index < -0.39 is 5.97 Å². The summed E-state index contributed by atoms with van der Waals surface area (Å²) in [5.41, 5.74) is 0.442. The standard InChI is InChI=1S/C11H11NO3/c1-3-15-11(13)8-5-4-6-10(14-2)9(8)7-12/h4-6H,3H2,1-2H3. The van der Waals surface area contributed by atoms with E-state index in [-0.39, 0.29) is 17.7 Å². The number of nitrogens with zero attached hydrogens (tertiary/aromatic N) is 1. The van der Waals surface area contributed by atoms with E-state index in [1.54, 1.807) is 25.1 Å². The summed E-state index contributed by atoms with van der Waals surface area (Å²) < 4.78 is 9.80. The van der Waals surface area contributed by atoms with Gasteiger partial charge < -0.3 is 9.47 Å². The summed E-state index contributed by atoms with van der Waals surface area (Å²) in [4.78, 5) is 11.5. The highest BCUT2D eigenvalue weighted by Crippen LogP contribution is 2.21. The maximum Gasteiger partial charge on any atom is 0.339 e. The normalized spacial score (nSPS) is 9.13. The van der Waals surface area contributed by atoms with Crippen LogP contribution in [0, 0.1) is 11.3 Å². The summed E-state index contributed by atoms with van der Waals surface area (Å²) in [5.74, 6) is -0.129. The predicted octanol–water partition coefficient (Wildman–Crippen LogP) is 1.74. The van der Waals surface area contributed by atoms with E-state index in [4.69, 9.17) is 14.7 Å². The molecule has 1 rings (SSSR count). The van der Waals surface area contributed by atoms with E-state index in [9.17, 15) is 4.79 Å². The molecule has 0 saturated carbocycles. The Morgan fingerprint density at radius 2 is 2.27 bits per heavy atom. The maximum absolute atomic E-state index is 11.5. The van der Waals surface area contributed by atoms with Gasteiger partial charge in [-0.25, -0.2) is 4.79 Å². The third-order valence-electron chi connectivity index (χ3n) is 1.85. The number of hydrogen-bond donors (Lipinski definition) is 0. The van der Waals surface area contributed by atoms with Gasteiger partial charge in [0.25, 0.3) is 0 Å². The number of hydrogen-bond acceptors (Lipinski definition) is 4. The average molecular weight is 205 g/mol. The second-order valence-electron chi connectivity index (χ2n) is 2.72. The Hall–Kier alpha value is -2.02. The molecule has 0 aliphatic rings. The highest BCUT2D eigenvalue weighted by Gasteiger charge is 2.15. The fraction of sp³-hybridized carbons (Fsp3) is 0.273. The van der Waals surface area contributed by atoms with Crippen molar-refractivity contribution in [2.24, 2.45) is 0 Å². The molecule has 1 aromatic rings. The Morgan fingerprint density at radius 1 is 1.53 bits per heavy atom. The molecule has 4 nitrogen and oxygen atoms in total. The predicted molar refractivity (Wildman–Crippen MR) is 53.7 cm³/mol. The fourth-order valence-electron chi connectivity index (χ4n) is 1.20. The molecule has 0 heterocycles. The van der Waals surface area contributed by atoms with Crippen molar-refractivity contribution >= 4 is 5.97 Å². The van der Waals surface area contributed by atoms with Crippen LogP contribution in [-0.4, -0.2) is 19.7 Å². The molecule has 0 N–H and O–H groups in total. The van der Waals surface area contributed by atoms with Crippen molar-refractivity contribution in [3.8, 4) is 11.8 Å². The van der Waals surface area contributed by atoms with Gasteiger partial charge in [0, 0.05) is 0 Å².